The number of hydrogen-bond donors (Lipinski definition) is 4. The van der Waals surface area contributed by atoms with Crippen LogP contribution in [0.1, 0.15) is 83.8 Å². The molecule has 3 saturated heterocycles. The van der Waals surface area contributed by atoms with Crippen LogP contribution in [-0.4, -0.2) is 131 Å². The van der Waals surface area contributed by atoms with Gasteiger partial charge in [-0.1, -0.05) is 24.3 Å². The molecule has 4 N–H and O–H groups in total. The molecule has 16 heteroatoms. The quantitative estimate of drug-likeness (QED) is 0.147. The van der Waals surface area contributed by atoms with E-state index < -0.39 is 95.8 Å². The van der Waals surface area contributed by atoms with Gasteiger partial charge in [-0.3, -0.25) is 28.8 Å². The first kappa shape index (κ1) is 41.2. The van der Waals surface area contributed by atoms with E-state index >= 15 is 0 Å². The van der Waals surface area contributed by atoms with E-state index in [0.29, 0.717) is 0 Å². The second-order valence-corrected chi connectivity index (χ2v) is 17.7. The van der Waals surface area contributed by atoms with Gasteiger partial charge in [0.05, 0.1) is 25.3 Å². The molecular formula is C41H56N4O12. The molecule has 16 nitrogen and oxygen atoms in total. The number of hydrogen-bond acceptors (Lipinski definition) is 13. The molecule has 0 radical (unpaired) electrons. The number of aliphatic hydroxyl groups excluding tert-OH is 2. The Morgan fingerprint density at radius 1 is 1.07 bits per heavy atom. The molecule has 9 atom stereocenters. The highest BCUT2D eigenvalue weighted by Crippen LogP contribution is 2.63. The number of nitrogens with zero attached hydrogens (tertiary/aromatic N) is 2. The summed E-state index contributed by atoms with van der Waals surface area (Å²) >= 11 is 0. The molecule has 1 aromatic rings. The summed E-state index contributed by atoms with van der Waals surface area (Å²) in [6, 6.07) is 3.71. The number of nitrogens with one attached hydrogen (secondary N) is 2. The third-order valence-corrected chi connectivity index (χ3v) is 11.8. The molecule has 3 saturated carbocycles. The molecule has 3 aliphatic carbocycles. The van der Waals surface area contributed by atoms with Gasteiger partial charge in [-0.2, -0.15) is 5.06 Å². The smallest absolute Gasteiger partial charge is 0.327 e. The van der Waals surface area contributed by atoms with Crippen LogP contribution in [0.5, 0.6) is 0 Å². The third-order valence-electron chi connectivity index (χ3n) is 11.8. The van der Waals surface area contributed by atoms with E-state index in [1.807, 2.05) is 24.3 Å². The Balaban J connectivity index is 1.16. The van der Waals surface area contributed by atoms with Gasteiger partial charge in [-0.25, -0.2) is 0 Å². The van der Waals surface area contributed by atoms with Gasteiger partial charge < -0.3 is 44.7 Å². The molecule has 6 aliphatic rings. The van der Waals surface area contributed by atoms with Crippen molar-refractivity contribution in [2.24, 2.45) is 17.3 Å². The van der Waals surface area contributed by atoms with Gasteiger partial charge in [-0.05, 0) is 77.0 Å². The maximum atomic E-state index is 15.0. The standard InChI is InChI=1S/C41H56N4O12/c1-22(47)31(36(50)42-27(21-46)15-17-30(49)54-39(2,3)4)43-38(52)40-19-28-32-33(56-41(55-32,25-11-12-25)26-13-14-26)35(40)57-45(34(40)37(51)53-28)20-24-9-7-8-23(18-24)10-16-29(48)44(5)6/h7-10,16,18,22,25-28,31-35,46-47H,11-15,17,19-21H2,1-6H3,(H,42,50)(H,43,52). The van der Waals surface area contributed by atoms with Gasteiger partial charge in [0.25, 0.3) is 0 Å². The summed E-state index contributed by atoms with van der Waals surface area (Å²) in [7, 11) is 3.32. The molecule has 57 heavy (non-hydrogen) atoms. The Hall–Kier alpha value is -3.93. The highest BCUT2D eigenvalue weighted by atomic mass is 16.8. The lowest BCUT2D eigenvalue weighted by molar-refractivity contribution is -0.235. The molecule has 9 unspecified atom stereocenters. The summed E-state index contributed by atoms with van der Waals surface area (Å²) in [6.07, 6.45) is 2.17. The van der Waals surface area contributed by atoms with Crippen molar-refractivity contribution in [2.45, 2.75) is 139 Å². The fourth-order valence-electron chi connectivity index (χ4n) is 8.82. The molecular weight excluding hydrogens is 740 g/mol. The zero-order chi connectivity index (χ0) is 41.0. The number of aliphatic hydroxyl groups is 2. The average Bonchev–Trinajstić information content (AvgIpc) is 4.09. The zero-order valence-electron chi connectivity index (χ0n) is 33.5. The Bertz CT molecular complexity index is 1760. The summed E-state index contributed by atoms with van der Waals surface area (Å²) in [5, 5.41) is 27.8. The van der Waals surface area contributed by atoms with Crippen LogP contribution in [0.15, 0.2) is 30.3 Å². The van der Waals surface area contributed by atoms with Gasteiger partial charge in [0.2, 0.25) is 17.7 Å². The second-order valence-electron chi connectivity index (χ2n) is 17.7. The van der Waals surface area contributed by atoms with Crippen LogP contribution in [0.4, 0.5) is 0 Å². The molecule has 2 bridgehead atoms. The maximum Gasteiger partial charge on any atom is 0.327 e. The lowest BCUT2D eigenvalue weighted by Crippen LogP contribution is -2.71. The fraction of sp³-hybridized carbons (Fsp3) is 0.683. The number of hydroxylamine groups is 2. The molecule has 3 heterocycles. The topological polar surface area (TPSA) is 202 Å². The van der Waals surface area contributed by atoms with Crippen LogP contribution >= 0.6 is 0 Å². The molecule has 3 aliphatic heterocycles. The molecule has 3 amide bonds. The van der Waals surface area contributed by atoms with Crippen molar-refractivity contribution in [2.75, 3.05) is 20.7 Å². The van der Waals surface area contributed by atoms with Crippen molar-refractivity contribution in [3.63, 3.8) is 0 Å². The number of rotatable bonds is 15. The minimum atomic E-state index is -1.62. The number of ether oxygens (including phenoxy) is 4. The SMILES string of the molecule is CC(O)C(NC(=O)C12CC3OC(=O)C1N(Cc1cccc(C=CC(=O)N(C)C)c1)OC2C1OC(C2CC2)(C2CC2)OC31)C(=O)NC(CO)CCC(=O)OC(C)(C)C. The van der Waals surface area contributed by atoms with Crippen LogP contribution in [-0.2, 0) is 54.3 Å². The van der Waals surface area contributed by atoms with E-state index in [-0.39, 0.29) is 43.6 Å². The first-order valence-electron chi connectivity index (χ1n) is 20.1. The molecule has 1 aromatic carbocycles. The van der Waals surface area contributed by atoms with Gasteiger partial charge in [0.1, 0.15) is 41.5 Å². The summed E-state index contributed by atoms with van der Waals surface area (Å²) in [4.78, 5) is 75.7. The van der Waals surface area contributed by atoms with Crippen LogP contribution in [0.25, 0.3) is 6.08 Å². The predicted octanol–water partition coefficient (Wildman–Crippen LogP) is 1.35. The van der Waals surface area contributed by atoms with Crippen LogP contribution < -0.4 is 10.6 Å². The van der Waals surface area contributed by atoms with E-state index in [4.69, 9.17) is 23.8 Å². The van der Waals surface area contributed by atoms with E-state index in [0.717, 1.165) is 36.8 Å². The van der Waals surface area contributed by atoms with Gasteiger partial charge in [-0.15, -0.1) is 0 Å². The highest BCUT2D eigenvalue weighted by molar-refractivity contribution is 5.96. The first-order chi connectivity index (χ1) is 27.0. The maximum absolute atomic E-state index is 15.0. The third kappa shape index (κ3) is 8.21. The number of benzene rings is 1. The number of carbonyl (C=O) groups is 5. The summed E-state index contributed by atoms with van der Waals surface area (Å²) in [6.45, 7) is 6.11. The lowest BCUT2D eigenvalue weighted by atomic mass is 9.62. The fourth-order valence-corrected chi connectivity index (χ4v) is 8.82. The Kier molecular flexibility index (Phi) is 11.3. The zero-order valence-corrected chi connectivity index (χ0v) is 33.5. The van der Waals surface area contributed by atoms with Crippen molar-refractivity contribution >= 4 is 35.7 Å². The molecule has 7 rings (SSSR count). The Labute approximate surface area is 332 Å². The van der Waals surface area contributed by atoms with E-state index in [9.17, 15) is 34.2 Å². The minimum absolute atomic E-state index is 0.0189. The Morgan fingerprint density at radius 3 is 2.37 bits per heavy atom. The van der Waals surface area contributed by atoms with E-state index in [1.54, 1.807) is 40.9 Å². The minimum Gasteiger partial charge on any atom is -0.460 e. The molecule has 6 fully saturated rings. The van der Waals surface area contributed by atoms with Gasteiger partial charge >= 0.3 is 11.9 Å². The Morgan fingerprint density at radius 2 is 1.75 bits per heavy atom. The van der Waals surface area contributed by atoms with Crippen molar-refractivity contribution < 1.29 is 58.0 Å². The van der Waals surface area contributed by atoms with Crippen molar-refractivity contribution in [3.8, 4) is 0 Å². The predicted molar refractivity (Wildman–Crippen MR) is 201 cm³/mol. The summed E-state index contributed by atoms with van der Waals surface area (Å²) < 4.78 is 25.2. The van der Waals surface area contributed by atoms with Crippen LogP contribution in [0.3, 0.4) is 0 Å². The number of esters is 2. The van der Waals surface area contributed by atoms with Gasteiger partial charge in [0.15, 0.2) is 11.8 Å². The molecule has 312 valence electrons. The van der Waals surface area contributed by atoms with Crippen molar-refractivity contribution in [3.05, 3.63) is 41.5 Å². The summed E-state index contributed by atoms with van der Waals surface area (Å²) in [5.74, 6) is -3.37. The van der Waals surface area contributed by atoms with Crippen LogP contribution in [0, 0.1) is 17.3 Å². The first-order valence-corrected chi connectivity index (χ1v) is 20.1. The average molecular weight is 797 g/mol. The monoisotopic (exact) mass is 796 g/mol. The number of fused-ring (bicyclic) bond motifs is 4. The lowest BCUT2D eigenvalue weighted by Gasteiger charge is -2.49. The second kappa shape index (κ2) is 15.7. The van der Waals surface area contributed by atoms with Crippen molar-refractivity contribution in [1.29, 1.82) is 0 Å². The van der Waals surface area contributed by atoms with E-state index in [1.165, 1.54) is 23.0 Å². The van der Waals surface area contributed by atoms with Gasteiger partial charge in [0, 0.05) is 44.8 Å². The number of likely N-dealkylation sites (N-methyl/N-ethyl adjacent to an activating group) is 1. The van der Waals surface area contributed by atoms with Crippen molar-refractivity contribution in [1.82, 2.24) is 20.6 Å². The van der Waals surface area contributed by atoms with E-state index in [2.05, 4.69) is 10.6 Å². The highest BCUT2D eigenvalue weighted by Gasteiger charge is 2.78. The van der Waals surface area contributed by atoms with Crippen LogP contribution in [0.2, 0.25) is 0 Å². The normalized spacial score (nSPS) is 30.5. The molecule has 0 spiro atoms. The summed E-state index contributed by atoms with van der Waals surface area (Å²) in [5.41, 5.74) is -0.862. The largest absolute Gasteiger partial charge is 0.460 e. The molecule has 0 aromatic heterocycles. The number of carbonyl (C=O) groups excluding carboxylic acids is 5. The number of amides is 3.